The Bertz CT molecular complexity index is 96.0. The zero-order chi connectivity index (χ0) is 8.65. The molecule has 1 rings (SSSR count). The van der Waals surface area contributed by atoms with Gasteiger partial charge in [0, 0.05) is 6.04 Å². The summed E-state index contributed by atoms with van der Waals surface area (Å²) in [6, 6.07) is 0.806. The Morgan fingerprint density at radius 2 is 2.25 bits per heavy atom. The second kappa shape index (κ2) is 6.44. The van der Waals surface area contributed by atoms with E-state index in [9.17, 15) is 0 Å². The monoisotopic (exact) mass is 170 g/mol. The van der Waals surface area contributed by atoms with Crippen LogP contribution in [0.4, 0.5) is 0 Å². The van der Waals surface area contributed by atoms with Crippen LogP contribution in [0.3, 0.4) is 0 Å². The van der Waals surface area contributed by atoms with Gasteiger partial charge in [-0.1, -0.05) is 12.8 Å². The molecule has 1 atom stereocenters. The molecule has 0 spiro atoms. The van der Waals surface area contributed by atoms with E-state index in [1.165, 1.54) is 45.1 Å². The molecule has 1 aliphatic rings. The summed E-state index contributed by atoms with van der Waals surface area (Å²) in [6.07, 6.45) is 8.29. The highest BCUT2D eigenvalue weighted by molar-refractivity contribution is 4.70. The molecule has 2 nitrogen and oxygen atoms in total. The van der Waals surface area contributed by atoms with Gasteiger partial charge < -0.3 is 10.6 Å². The van der Waals surface area contributed by atoms with Crippen LogP contribution in [0.5, 0.6) is 0 Å². The van der Waals surface area contributed by atoms with Crippen LogP contribution >= 0.6 is 0 Å². The van der Waals surface area contributed by atoms with E-state index in [0.717, 1.165) is 12.6 Å². The van der Waals surface area contributed by atoms with Crippen LogP contribution in [-0.4, -0.2) is 26.2 Å². The quantitative estimate of drug-likeness (QED) is 0.625. The van der Waals surface area contributed by atoms with Gasteiger partial charge in [-0.3, -0.25) is 0 Å². The van der Waals surface area contributed by atoms with Gasteiger partial charge >= 0.3 is 0 Å². The molecule has 1 heterocycles. The fourth-order valence-electron chi connectivity index (χ4n) is 1.87. The van der Waals surface area contributed by atoms with Gasteiger partial charge in [-0.15, -0.1) is 0 Å². The molecule has 0 aromatic heterocycles. The minimum absolute atomic E-state index is 0.806. The highest BCUT2D eigenvalue weighted by Gasteiger charge is 2.09. The molecule has 12 heavy (non-hydrogen) atoms. The SMILES string of the molecule is CNCCCC1CCCCCN1. The third-order valence-corrected chi connectivity index (χ3v) is 2.64. The molecule has 0 radical (unpaired) electrons. The van der Waals surface area contributed by atoms with Crippen molar-refractivity contribution in [1.29, 1.82) is 0 Å². The second-order valence-corrected chi connectivity index (χ2v) is 3.75. The molecule has 2 heteroatoms. The van der Waals surface area contributed by atoms with E-state index in [1.54, 1.807) is 0 Å². The molecule has 0 amide bonds. The first kappa shape index (κ1) is 10.0. The second-order valence-electron chi connectivity index (χ2n) is 3.75. The summed E-state index contributed by atoms with van der Waals surface area (Å²) in [4.78, 5) is 0. The molecular formula is C10H22N2. The largest absolute Gasteiger partial charge is 0.320 e. The van der Waals surface area contributed by atoms with Crippen molar-refractivity contribution in [3.05, 3.63) is 0 Å². The van der Waals surface area contributed by atoms with Gasteiger partial charge in [-0.25, -0.2) is 0 Å². The van der Waals surface area contributed by atoms with Gasteiger partial charge in [0.1, 0.15) is 0 Å². The van der Waals surface area contributed by atoms with Crippen molar-refractivity contribution >= 4 is 0 Å². The van der Waals surface area contributed by atoms with Crippen molar-refractivity contribution in [2.75, 3.05) is 20.1 Å². The van der Waals surface area contributed by atoms with Gasteiger partial charge in [-0.05, 0) is 45.8 Å². The van der Waals surface area contributed by atoms with Crippen molar-refractivity contribution in [1.82, 2.24) is 10.6 Å². The van der Waals surface area contributed by atoms with Crippen molar-refractivity contribution in [3.63, 3.8) is 0 Å². The zero-order valence-corrected chi connectivity index (χ0v) is 8.23. The summed E-state index contributed by atoms with van der Waals surface area (Å²) >= 11 is 0. The predicted molar refractivity (Wildman–Crippen MR) is 53.4 cm³/mol. The maximum Gasteiger partial charge on any atom is 0.00675 e. The van der Waals surface area contributed by atoms with Crippen LogP contribution in [0.15, 0.2) is 0 Å². The molecular weight excluding hydrogens is 148 g/mol. The molecule has 0 saturated carbocycles. The average Bonchev–Trinajstić information content (AvgIpc) is 2.33. The van der Waals surface area contributed by atoms with Crippen LogP contribution in [-0.2, 0) is 0 Å². The Hall–Kier alpha value is -0.0800. The summed E-state index contributed by atoms with van der Waals surface area (Å²) in [6.45, 7) is 2.41. The van der Waals surface area contributed by atoms with Gasteiger partial charge in [0.2, 0.25) is 0 Å². The lowest BCUT2D eigenvalue weighted by atomic mass is 10.1. The lowest BCUT2D eigenvalue weighted by molar-refractivity contribution is 0.460. The highest BCUT2D eigenvalue weighted by Crippen LogP contribution is 2.11. The van der Waals surface area contributed by atoms with Crippen LogP contribution in [0.2, 0.25) is 0 Å². The highest BCUT2D eigenvalue weighted by atomic mass is 14.9. The summed E-state index contributed by atoms with van der Waals surface area (Å²) < 4.78 is 0. The summed E-state index contributed by atoms with van der Waals surface area (Å²) in [5, 5.41) is 6.81. The molecule has 0 bridgehead atoms. The summed E-state index contributed by atoms with van der Waals surface area (Å²) in [5.74, 6) is 0. The van der Waals surface area contributed by atoms with Crippen LogP contribution in [0, 0.1) is 0 Å². The topological polar surface area (TPSA) is 24.1 Å². The average molecular weight is 170 g/mol. The fraction of sp³-hybridized carbons (Fsp3) is 1.00. The van der Waals surface area contributed by atoms with E-state index in [4.69, 9.17) is 0 Å². The van der Waals surface area contributed by atoms with Crippen LogP contribution in [0.25, 0.3) is 0 Å². The summed E-state index contributed by atoms with van der Waals surface area (Å²) in [7, 11) is 2.03. The van der Waals surface area contributed by atoms with Gasteiger partial charge in [0.15, 0.2) is 0 Å². The van der Waals surface area contributed by atoms with Gasteiger partial charge in [0.25, 0.3) is 0 Å². The van der Waals surface area contributed by atoms with E-state index in [1.807, 2.05) is 7.05 Å². The number of hydrogen-bond acceptors (Lipinski definition) is 2. The predicted octanol–water partition coefficient (Wildman–Crippen LogP) is 1.52. The molecule has 72 valence electrons. The Balaban J connectivity index is 2.04. The van der Waals surface area contributed by atoms with E-state index in [2.05, 4.69) is 10.6 Å². The lowest BCUT2D eigenvalue weighted by Crippen LogP contribution is -2.28. The normalized spacial score (nSPS) is 25.2. The Labute approximate surface area is 76.1 Å². The van der Waals surface area contributed by atoms with Crippen LogP contribution < -0.4 is 10.6 Å². The maximum atomic E-state index is 3.61. The molecule has 1 aliphatic heterocycles. The zero-order valence-electron chi connectivity index (χ0n) is 8.23. The van der Waals surface area contributed by atoms with E-state index in [-0.39, 0.29) is 0 Å². The third-order valence-electron chi connectivity index (χ3n) is 2.64. The van der Waals surface area contributed by atoms with Crippen LogP contribution in [0.1, 0.15) is 38.5 Å². The van der Waals surface area contributed by atoms with E-state index >= 15 is 0 Å². The van der Waals surface area contributed by atoms with Gasteiger partial charge in [-0.2, -0.15) is 0 Å². The van der Waals surface area contributed by atoms with Crippen molar-refractivity contribution in [3.8, 4) is 0 Å². The molecule has 0 aromatic carbocycles. The first-order chi connectivity index (χ1) is 5.93. The number of nitrogens with one attached hydrogen (secondary N) is 2. The lowest BCUT2D eigenvalue weighted by Gasteiger charge is -2.14. The maximum absolute atomic E-state index is 3.61. The van der Waals surface area contributed by atoms with Crippen molar-refractivity contribution in [2.45, 2.75) is 44.6 Å². The third kappa shape index (κ3) is 4.07. The van der Waals surface area contributed by atoms with E-state index < -0.39 is 0 Å². The number of rotatable bonds is 4. The molecule has 1 saturated heterocycles. The molecule has 0 aliphatic carbocycles. The Kier molecular flexibility index (Phi) is 5.37. The minimum atomic E-state index is 0.806. The van der Waals surface area contributed by atoms with Crippen molar-refractivity contribution in [2.24, 2.45) is 0 Å². The molecule has 1 unspecified atom stereocenters. The Morgan fingerprint density at radius 1 is 1.33 bits per heavy atom. The molecule has 0 aromatic rings. The Morgan fingerprint density at radius 3 is 3.08 bits per heavy atom. The van der Waals surface area contributed by atoms with Crippen molar-refractivity contribution < 1.29 is 0 Å². The smallest absolute Gasteiger partial charge is 0.00675 e. The fourth-order valence-corrected chi connectivity index (χ4v) is 1.87. The first-order valence-corrected chi connectivity index (χ1v) is 5.31. The number of hydrogen-bond donors (Lipinski definition) is 2. The van der Waals surface area contributed by atoms with Gasteiger partial charge in [0.05, 0.1) is 0 Å². The standard InChI is InChI=1S/C10H22N2/c1-11-8-5-7-10-6-3-2-4-9-12-10/h10-12H,2-9H2,1H3. The summed E-state index contributed by atoms with van der Waals surface area (Å²) in [5.41, 5.74) is 0. The molecule has 2 N–H and O–H groups in total. The minimum Gasteiger partial charge on any atom is -0.320 e. The molecule has 1 fully saturated rings. The first-order valence-electron chi connectivity index (χ1n) is 5.31. The van der Waals surface area contributed by atoms with E-state index in [0.29, 0.717) is 0 Å².